The van der Waals surface area contributed by atoms with E-state index < -0.39 is 4.92 Å². The first-order chi connectivity index (χ1) is 10.0. The van der Waals surface area contributed by atoms with Gasteiger partial charge in [-0.15, -0.1) is 0 Å². The molecular formula is C15H18N2O4. The number of ether oxygens (including phenoxy) is 1. The summed E-state index contributed by atoms with van der Waals surface area (Å²) in [5, 5.41) is 10.7. The molecule has 112 valence electrons. The summed E-state index contributed by atoms with van der Waals surface area (Å²) in [6.45, 7) is 2.95. The van der Waals surface area contributed by atoms with E-state index in [1.807, 2.05) is 11.9 Å². The largest absolute Gasteiger partial charge is 0.462 e. The SMILES string of the molecule is CCOC(=O)C(=C1CCCN1C)c1ccc([N+](=O)[O-])cc1. The summed E-state index contributed by atoms with van der Waals surface area (Å²) in [6, 6.07) is 6.02. The van der Waals surface area contributed by atoms with Crippen LogP contribution < -0.4 is 0 Å². The highest BCUT2D eigenvalue weighted by atomic mass is 16.6. The Morgan fingerprint density at radius 1 is 1.38 bits per heavy atom. The van der Waals surface area contributed by atoms with Gasteiger partial charge in [-0.1, -0.05) is 0 Å². The Kier molecular flexibility index (Phi) is 4.57. The van der Waals surface area contributed by atoms with Gasteiger partial charge in [0.25, 0.3) is 5.69 Å². The topological polar surface area (TPSA) is 72.7 Å². The van der Waals surface area contributed by atoms with Crippen LogP contribution in [0.15, 0.2) is 30.0 Å². The number of nitro benzene ring substituents is 1. The highest BCUT2D eigenvalue weighted by Gasteiger charge is 2.25. The van der Waals surface area contributed by atoms with Crippen LogP contribution in [0, 0.1) is 10.1 Å². The molecule has 2 rings (SSSR count). The fourth-order valence-corrected chi connectivity index (χ4v) is 2.48. The molecule has 0 bridgehead atoms. The van der Waals surface area contributed by atoms with Gasteiger partial charge >= 0.3 is 5.97 Å². The fraction of sp³-hybridized carbons (Fsp3) is 0.400. The van der Waals surface area contributed by atoms with Gasteiger partial charge in [-0.25, -0.2) is 4.79 Å². The van der Waals surface area contributed by atoms with Crippen LogP contribution in [0.5, 0.6) is 0 Å². The predicted octanol–water partition coefficient (Wildman–Crippen LogP) is 2.59. The van der Waals surface area contributed by atoms with Gasteiger partial charge in [-0.3, -0.25) is 10.1 Å². The van der Waals surface area contributed by atoms with Crippen molar-refractivity contribution in [2.75, 3.05) is 20.2 Å². The highest BCUT2D eigenvalue weighted by molar-refractivity contribution is 6.17. The quantitative estimate of drug-likeness (QED) is 0.369. The van der Waals surface area contributed by atoms with Crippen molar-refractivity contribution in [1.29, 1.82) is 0 Å². The predicted molar refractivity (Wildman–Crippen MR) is 78.5 cm³/mol. The monoisotopic (exact) mass is 290 g/mol. The standard InChI is InChI=1S/C15H18N2O4/c1-3-21-15(18)14(13-5-4-10-16(13)2)11-6-8-12(9-7-11)17(19)20/h6-9H,3-5,10H2,1-2H3. The molecule has 1 aromatic carbocycles. The maximum absolute atomic E-state index is 12.3. The van der Waals surface area contributed by atoms with E-state index in [-0.39, 0.29) is 11.7 Å². The Morgan fingerprint density at radius 2 is 2.05 bits per heavy atom. The molecule has 1 aliphatic rings. The maximum atomic E-state index is 12.3. The van der Waals surface area contributed by atoms with E-state index in [4.69, 9.17) is 4.74 Å². The summed E-state index contributed by atoms with van der Waals surface area (Å²) in [7, 11) is 1.94. The second kappa shape index (κ2) is 6.39. The van der Waals surface area contributed by atoms with E-state index in [2.05, 4.69) is 0 Å². The van der Waals surface area contributed by atoms with E-state index in [9.17, 15) is 14.9 Å². The van der Waals surface area contributed by atoms with Crippen molar-refractivity contribution >= 4 is 17.2 Å². The van der Waals surface area contributed by atoms with Gasteiger partial charge in [-0.05, 0) is 37.5 Å². The first-order valence-electron chi connectivity index (χ1n) is 6.90. The average Bonchev–Trinajstić information content (AvgIpc) is 2.86. The molecule has 1 aromatic rings. The average molecular weight is 290 g/mol. The highest BCUT2D eigenvalue weighted by Crippen LogP contribution is 2.30. The molecular weight excluding hydrogens is 272 g/mol. The van der Waals surface area contributed by atoms with Crippen LogP contribution in [0.1, 0.15) is 25.3 Å². The van der Waals surface area contributed by atoms with Gasteiger partial charge in [0.15, 0.2) is 0 Å². The number of esters is 1. The zero-order valence-corrected chi connectivity index (χ0v) is 12.2. The first kappa shape index (κ1) is 15.0. The molecule has 6 nitrogen and oxygen atoms in total. The minimum atomic E-state index is -0.456. The zero-order valence-electron chi connectivity index (χ0n) is 12.2. The molecule has 0 aromatic heterocycles. The molecule has 1 aliphatic heterocycles. The number of allylic oxidation sites excluding steroid dienone is 1. The summed E-state index contributed by atoms with van der Waals surface area (Å²) in [4.78, 5) is 24.6. The smallest absolute Gasteiger partial charge is 0.340 e. The summed E-state index contributed by atoms with van der Waals surface area (Å²) in [5.74, 6) is -0.380. The Labute approximate surface area is 123 Å². The van der Waals surface area contributed by atoms with Gasteiger partial charge < -0.3 is 9.64 Å². The van der Waals surface area contributed by atoms with Crippen LogP contribution in [0.25, 0.3) is 5.57 Å². The minimum Gasteiger partial charge on any atom is -0.462 e. The lowest BCUT2D eigenvalue weighted by Gasteiger charge is -2.18. The number of nitrogens with zero attached hydrogens (tertiary/aromatic N) is 2. The van der Waals surface area contributed by atoms with E-state index in [1.165, 1.54) is 12.1 Å². The Bertz CT molecular complexity index is 578. The number of hydrogen-bond acceptors (Lipinski definition) is 5. The molecule has 0 N–H and O–H groups in total. The van der Waals surface area contributed by atoms with Crippen molar-refractivity contribution < 1.29 is 14.5 Å². The molecule has 0 aliphatic carbocycles. The fourth-order valence-electron chi connectivity index (χ4n) is 2.48. The lowest BCUT2D eigenvalue weighted by atomic mass is 10.0. The number of nitro groups is 1. The molecule has 0 radical (unpaired) electrons. The van der Waals surface area contributed by atoms with Crippen LogP contribution in [0.3, 0.4) is 0 Å². The molecule has 0 spiro atoms. The van der Waals surface area contributed by atoms with Crippen LogP contribution in [-0.4, -0.2) is 36.0 Å². The number of hydrogen-bond donors (Lipinski definition) is 0. The molecule has 0 atom stereocenters. The van der Waals surface area contributed by atoms with Crippen LogP contribution in [0.2, 0.25) is 0 Å². The molecule has 0 unspecified atom stereocenters. The number of non-ortho nitro benzene ring substituents is 1. The molecule has 1 heterocycles. The molecule has 0 amide bonds. The molecule has 6 heteroatoms. The Balaban J connectivity index is 2.45. The van der Waals surface area contributed by atoms with Gasteiger partial charge in [-0.2, -0.15) is 0 Å². The number of likely N-dealkylation sites (tertiary alicyclic amines) is 1. The van der Waals surface area contributed by atoms with Crippen LogP contribution in [0.4, 0.5) is 5.69 Å². The van der Waals surface area contributed by atoms with Crippen molar-refractivity contribution in [3.8, 4) is 0 Å². The Hall–Kier alpha value is -2.37. The summed E-state index contributed by atoms with van der Waals surface area (Å²) in [5.41, 5.74) is 2.10. The lowest BCUT2D eigenvalue weighted by molar-refractivity contribution is -0.384. The first-order valence-corrected chi connectivity index (χ1v) is 6.90. The van der Waals surface area contributed by atoms with Crippen molar-refractivity contribution in [3.05, 3.63) is 45.6 Å². The number of rotatable bonds is 4. The van der Waals surface area contributed by atoms with Gasteiger partial charge in [0, 0.05) is 31.4 Å². The second-order valence-electron chi connectivity index (χ2n) is 4.87. The van der Waals surface area contributed by atoms with E-state index >= 15 is 0 Å². The lowest BCUT2D eigenvalue weighted by Crippen LogP contribution is -2.17. The summed E-state index contributed by atoms with van der Waals surface area (Å²) in [6.07, 6.45) is 1.79. The minimum absolute atomic E-state index is 0.00624. The molecule has 0 saturated carbocycles. The van der Waals surface area contributed by atoms with Crippen LogP contribution in [-0.2, 0) is 9.53 Å². The van der Waals surface area contributed by atoms with E-state index in [0.29, 0.717) is 17.7 Å². The normalized spacial score (nSPS) is 16.8. The van der Waals surface area contributed by atoms with Gasteiger partial charge in [0.1, 0.15) is 0 Å². The van der Waals surface area contributed by atoms with E-state index in [1.54, 1.807) is 19.1 Å². The Morgan fingerprint density at radius 3 is 2.52 bits per heavy atom. The molecule has 1 saturated heterocycles. The third-order valence-corrected chi connectivity index (χ3v) is 3.50. The van der Waals surface area contributed by atoms with Crippen LogP contribution >= 0.6 is 0 Å². The van der Waals surface area contributed by atoms with Crippen molar-refractivity contribution in [2.45, 2.75) is 19.8 Å². The van der Waals surface area contributed by atoms with Crippen molar-refractivity contribution in [1.82, 2.24) is 4.90 Å². The maximum Gasteiger partial charge on any atom is 0.340 e. The number of carbonyl (C=O) groups excluding carboxylic acids is 1. The van der Waals surface area contributed by atoms with Gasteiger partial charge in [0.05, 0.1) is 17.1 Å². The third-order valence-electron chi connectivity index (χ3n) is 3.50. The van der Waals surface area contributed by atoms with Crippen molar-refractivity contribution in [3.63, 3.8) is 0 Å². The summed E-state index contributed by atoms with van der Waals surface area (Å²) >= 11 is 0. The number of carbonyl (C=O) groups is 1. The zero-order chi connectivity index (χ0) is 15.4. The molecule has 21 heavy (non-hydrogen) atoms. The summed E-state index contributed by atoms with van der Waals surface area (Å²) < 4.78 is 5.14. The molecule has 1 fully saturated rings. The number of benzene rings is 1. The van der Waals surface area contributed by atoms with Gasteiger partial charge in [0.2, 0.25) is 0 Å². The third kappa shape index (κ3) is 3.21. The van der Waals surface area contributed by atoms with Crippen molar-refractivity contribution in [2.24, 2.45) is 0 Å². The van der Waals surface area contributed by atoms with E-state index in [0.717, 1.165) is 25.1 Å². The second-order valence-corrected chi connectivity index (χ2v) is 4.87.